The third-order valence-electron chi connectivity index (χ3n) is 4.41. The standard InChI is InChI=1S/C19H32N4O/c1-3-20-19(22(2)16-17-8-5-4-6-9-17)21-12-7-13-23-14-10-18(24)11-15-23/h4-6,8-9,18,24H,3,7,10-16H2,1-2H3,(H,20,21). The minimum atomic E-state index is -0.0914. The molecule has 0 aliphatic carbocycles. The molecule has 2 rings (SSSR count). The molecule has 24 heavy (non-hydrogen) atoms. The molecular weight excluding hydrogens is 300 g/mol. The van der Waals surface area contributed by atoms with E-state index in [0.717, 1.165) is 64.5 Å². The van der Waals surface area contributed by atoms with E-state index in [1.54, 1.807) is 0 Å². The summed E-state index contributed by atoms with van der Waals surface area (Å²) < 4.78 is 0. The second-order valence-corrected chi connectivity index (χ2v) is 6.50. The number of rotatable bonds is 7. The van der Waals surface area contributed by atoms with Crippen molar-refractivity contribution in [3.05, 3.63) is 35.9 Å². The molecule has 0 bridgehead atoms. The van der Waals surface area contributed by atoms with Crippen LogP contribution in [0.4, 0.5) is 0 Å². The highest BCUT2D eigenvalue weighted by atomic mass is 16.3. The Morgan fingerprint density at radius 1 is 1.29 bits per heavy atom. The average molecular weight is 332 g/mol. The summed E-state index contributed by atoms with van der Waals surface area (Å²) in [6.45, 7) is 7.76. The fourth-order valence-corrected chi connectivity index (χ4v) is 3.02. The Kier molecular flexibility index (Phi) is 8.05. The van der Waals surface area contributed by atoms with E-state index >= 15 is 0 Å². The first kappa shape index (κ1) is 18.7. The van der Waals surface area contributed by atoms with Crippen molar-refractivity contribution in [2.75, 3.05) is 39.8 Å². The molecule has 0 radical (unpaired) electrons. The van der Waals surface area contributed by atoms with Gasteiger partial charge in [0.05, 0.1) is 6.10 Å². The highest BCUT2D eigenvalue weighted by Gasteiger charge is 2.16. The average Bonchev–Trinajstić information content (AvgIpc) is 2.60. The van der Waals surface area contributed by atoms with Gasteiger partial charge in [0.1, 0.15) is 0 Å². The Morgan fingerprint density at radius 3 is 2.67 bits per heavy atom. The normalized spacial score (nSPS) is 17.0. The van der Waals surface area contributed by atoms with Gasteiger partial charge in [-0.05, 0) is 38.3 Å². The number of hydrogen-bond donors (Lipinski definition) is 2. The van der Waals surface area contributed by atoms with E-state index in [1.165, 1.54) is 5.56 Å². The Hall–Kier alpha value is -1.59. The Morgan fingerprint density at radius 2 is 2.00 bits per heavy atom. The van der Waals surface area contributed by atoms with Gasteiger partial charge in [-0.25, -0.2) is 0 Å². The molecule has 5 nitrogen and oxygen atoms in total. The predicted octanol–water partition coefficient (Wildman–Crippen LogP) is 1.93. The molecule has 0 amide bonds. The monoisotopic (exact) mass is 332 g/mol. The molecule has 2 N–H and O–H groups in total. The minimum absolute atomic E-state index is 0.0914. The number of benzene rings is 1. The molecule has 134 valence electrons. The SMILES string of the molecule is CCNC(=NCCCN1CCC(O)CC1)N(C)Cc1ccccc1. The zero-order chi connectivity index (χ0) is 17.2. The van der Waals surface area contributed by atoms with E-state index in [9.17, 15) is 5.11 Å². The number of aliphatic hydroxyl groups excluding tert-OH is 1. The van der Waals surface area contributed by atoms with Crippen molar-refractivity contribution in [3.63, 3.8) is 0 Å². The summed E-state index contributed by atoms with van der Waals surface area (Å²) in [7, 11) is 2.08. The third-order valence-corrected chi connectivity index (χ3v) is 4.41. The number of aliphatic hydroxyl groups is 1. The summed E-state index contributed by atoms with van der Waals surface area (Å²) in [5, 5.41) is 12.9. The lowest BCUT2D eigenvalue weighted by atomic mass is 10.1. The summed E-state index contributed by atoms with van der Waals surface area (Å²) in [5.41, 5.74) is 1.29. The van der Waals surface area contributed by atoms with Crippen molar-refractivity contribution in [1.82, 2.24) is 15.1 Å². The number of piperidine rings is 1. The number of aliphatic imine (C=N–C) groups is 1. The largest absolute Gasteiger partial charge is 0.393 e. The molecule has 1 fully saturated rings. The smallest absolute Gasteiger partial charge is 0.193 e. The van der Waals surface area contributed by atoms with Crippen molar-refractivity contribution >= 4 is 5.96 Å². The number of likely N-dealkylation sites (tertiary alicyclic amines) is 1. The van der Waals surface area contributed by atoms with Crippen LogP contribution in [-0.4, -0.2) is 66.7 Å². The fraction of sp³-hybridized carbons (Fsp3) is 0.632. The van der Waals surface area contributed by atoms with Gasteiger partial charge in [-0.15, -0.1) is 0 Å². The van der Waals surface area contributed by atoms with Gasteiger partial charge >= 0.3 is 0 Å². The lowest BCUT2D eigenvalue weighted by Gasteiger charge is -2.29. The fourth-order valence-electron chi connectivity index (χ4n) is 3.02. The Balaban J connectivity index is 1.77. The van der Waals surface area contributed by atoms with E-state index < -0.39 is 0 Å². The molecule has 5 heteroatoms. The number of nitrogens with one attached hydrogen (secondary N) is 1. The molecule has 1 heterocycles. The van der Waals surface area contributed by atoms with E-state index in [-0.39, 0.29) is 6.10 Å². The number of nitrogens with zero attached hydrogens (tertiary/aromatic N) is 3. The molecule has 1 saturated heterocycles. The van der Waals surface area contributed by atoms with Gasteiger partial charge in [0.15, 0.2) is 5.96 Å². The van der Waals surface area contributed by atoms with Crippen LogP contribution in [0.1, 0.15) is 31.7 Å². The topological polar surface area (TPSA) is 51.1 Å². The van der Waals surface area contributed by atoms with Crippen molar-refractivity contribution in [3.8, 4) is 0 Å². The molecule has 0 saturated carbocycles. The zero-order valence-corrected chi connectivity index (χ0v) is 15.1. The summed E-state index contributed by atoms with van der Waals surface area (Å²) in [4.78, 5) is 9.37. The third kappa shape index (κ3) is 6.49. The molecule has 1 aliphatic rings. The maximum Gasteiger partial charge on any atom is 0.193 e. The zero-order valence-electron chi connectivity index (χ0n) is 15.1. The van der Waals surface area contributed by atoms with Crippen LogP contribution in [0, 0.1) is 0 Å². The van der Waals surface area contributed by atoms with E-state index in [4.69, 9.17) is 4.99 Å². The summed E-state index contributed by atoms with van der Waals surface area (Å²) >= 11 is 0. The minimum Gasteiger partial charge on any atom is -0.393 e. The first-order valence-corrected chi connectivity index (χ1v) is 9.13. The highest BCUT2D eigenvalue weighted by molar-refractivity contribution is 5.79. The lowest BCUT2D eigenvalue weighted by molar-refractivity contribution is 0.0824. The van der Waals surface area contributed by atoms with Crippen LogP contribution in [-0.2, 0) is 6.54 Å². The van der Waals surface area contributed by atoms with E-state index in [2.05, 4.69) is 53.4 Å². The quantitative estimate of drug-likeness (QED) is 0.455. The second kappa shape index (κ2) is 10.3. The summed E-state index contributed by atoms with van der Waals surface area (Å²) in [5.74, 6) is 0.968. The first-order chi connectivity index (χ1) is 11.7. The molecule has 1 aliphatic heterocycles. The summed E-state index contributed by atoms with van der Waals surface area (Å²) in [6.07, 6.45) is 2.79. The van der Waals surface area contributed by atoms with Crippen LogP contribution in [0.5, 0.6) is 0 Å². The second-order valence-electron chi connectivity index (χ2n) is 6.50. The van der Waals surface area contributed by atoms with Crippen LogP contribution >= 0.6 is 0 Å². The van der Waals surface area contributed by atoms with Gasteiger partial charge < -0.3 is 20.2 Å². The lowest BCUT2D eigenvalue weighted by Crippen LogP contribution is -2.39. The van der Waals surface area contributed by atoms with Crippen LogP contribution in [0.3, 0.4) is 0 Å². The van der Waals surface area contributed by atoms with Crippen molar-refractivity contribution in [1.29, 1.82) is 0 Å². The van der Waals surface area contributed by atoms with Crippen LogP contribution < -0.4 is 5.32 Å². The van der Waals surface area contributed by atoms with Gasteiger partial charge in [0.2, 0.25) is 0 Å². The predicted molar refractivity (Wildman–Crippen MR) is 100 cm³/mol. The molecular formula is C19H32N4O. The number of hydrogen-bond acceptors (Lipinski definition) is 3. The molecule has 1 aromatic carbocycles. The maximum absolute atomic E-state index is 9.55. The van der Waals surface area contributed by atoms with Gasteiger partial charge in [-0.2, -0.15) is 0 Å². The van der Waals surface area contributed by atoms with Crippen LogP contribution in [0.15, 0.2) is 35.3 Å². The van der Waals surface area contributed by atoms with Crippen molar-refractivity contribution in [2.45, 2.75) is 38.8 Å². The van der Waals surface area contributed by atoms with Crippen LogP contribution in [0.25, 0.3) is 0 Å². The van der Waals surface area contributed by atoms with Crippen LogP contribution in [0.2, 0.25) is 0 Å². The molecule has 0 aromatic heterocycles. The van der Waals surface area contributed by atoms with Gasteiger partial charge in [-0.3, -0.25) is 4.99 Å². The van der Waals surface area contributed by atoms with Gasteiger partial charge in [0, 0.05) is 39.8 Å². The Bertz CT molecular complexity index is 483. The molecule has 0 atom stereocenters. The number of guanidine groups is 1. The maximum atomic E-state index is 9.55. The van der Waals surface area contributed by atoms with Gasteiger partial charge in [0.25, 0.3) is 0 Å². The first-order valence-electron chi connectivity index (χ1n) is 9.13. The Labute approximate surface area is 146 Å². The van der Waals surface area contributed by atoms with Gasteiger partial charge in [-0.1, -0.05) is 30.3 Å². The molecule has 0 spiro atoms. The molecule has 0 unspecified atom stereocenters. The summed E-state index contributed by atoms with van der Waals surface area (Å²) in [6, 6.07) is 10.5. The van der Waals surface area contributed by atoms with E-state index in [1.807, 2.05) is 6.07 Å². The molecule has 1 aromatic rings. The van der Waals surface area contributed by atoms with Crippen molar-refractivity contribution < 1.29 is 5.11 Å². The highest BCUT2D eigenvalue weighted by Crippen LogP contribution is 2.10. The van der Waals surface area contributed by atoms with Crippen molar-refractivity contribution in [2.24, 2.45) is 4.99 Å². The van der Waals surface area contributed by atoms with E-state index in [0.29, 0.717) is 0 Å².